The van der Waals surface area contributed by atoms with Crippen LogP contribution in [0.1, 0.15) is 56.1 Å². The van der Waals surface area contributed by atoms with Crippen LogP contribution in [0.5, 0.6) is 0 Å². The number of hydrogen-bond acceptors (Lipinski definition) is 1. The van der Waals surface area contributed by atoms with Crippen molar-refractivity contribution in [2.75, 3.05) is 6.61 Å². The van der Waals surface area contributed by atoms with Gasteiger partial charge in [0.1, 0.15) is 0 Å². The summed E-state index contributed by atoms with van der Waals surface area (Å²) in [5.74, 6) is 1.63. The van der Waals surface area contributed by atoms with Crippen LogP contribution in [0.4, 0.5) is 0 Å². The minimum absolute atomic E-state index is 0.700. The fourth-order valence-corrected chi connectivity index (χ4v) is 3.19. The molecule has 0 heterocycles. The summed E-state index contributed by atoms with van der Waals surface area (Å²) < 4.78 is 5.59. The van der Waals surface area contributed by atoms with Crippen molar-refractivity contribution in [3.05, 3.63) is 60.2 Å². The van der Waals surface area contributed by atoms with Gasteiger partial charge in [-0.2, -0.15) is 0 Å². The molecule has 1 saturated carbocycles. The molecule has 0 aliphatic heterocycles. The Bertz CT molecular complexity index is 435. The number of rotatable bonds is 7. The Morgan fingerprint density at radius 1 is 1.14 bits per heavy atom. The van der Waals surface area contributed by atoms with Gasteiger partial charge in [0.25, 0.3) is 0 Å². The van der Waals surface area contributed by atoms with Crippen LogP contribution in [0.2, 0.25) is 0 Å². The quantitative estimate of drug-likeness (QED) is 0.466. The van der Waals surface area contributed by atoms with Crippen molar-refractivity contribution in [3.8, 4) is 0 Å². The van der Waals surface area contributed by atoms with E-state index < -0.39 is 0 Å². The molecular weight excluding hydrogens is 256 g/mol. The van der Waals surface area contributed by atoms with Crippen LogP contribution in [-0.2, 0) is 11.3 Å². The first-order valence-electron chi connectivity index (χ1n) is 8.22. The van der Waals surface area contributed by atoms with E-state index in [2.05, 4.69) is 36.9 Å². The largest absolute Gasteiger partial charge is 0.373 e. The van der Waals surface area contributed by atoms with E-state index in [4.69, 9.17) is 4.74 Å². The van der Waals surface area contributed by atoms with E-state index in [1.54, 1.807) is 0 Å². The van der Waals surface area contributed by atoms with Crippen molar-refractivity contribution in [3.63, 3.8) is 0 Å². The van der Waals surface area contributed by atoms with Crippen molar-refractivity contribution in [1.82, 2.24) is 0 Å². The Morgan fingerprint density at radius 2 is 1.86 bits per heavy atom. The molecule has 1 aromatic rings. The normalized spacial score (nSPS) is 22.5. The van der Waals surface area contributed by atoms with Gasteiger partial charge in [-0.25, -0.2) is 0 Å². The van der Waals surface area contributed by atoms with E-state index in [0.29, 0.717) is 13.2 Å². The van der Waals surface area contributed by atoms with Gasteiger partial charge in [-0.1, -0.05) is 42.5 Å². The van der Waals surface area contributed by atoms with Gasteiger partial charge in [-0.3, -0.25) is 0 Å². The maximum absolute atomic E-state index is 5.59. The molecule has 114 valence electrons. The predicted octanol–water partition coefficient (Wildman–Crippen LogP) is 5.63. The molecule has 0 radical (unpaired) electrons. The van der Waals surface area contributed by atoms with Gasteiger partial charge in [0.15, 0.2) is 0 Å². The van der Waals surface area contributed by atoms with E-state index in [1.165, 1.54) is 43.2 Å². The zero-order valence-electron chi connectivity index (χ0n) is 13.3. The van der Waals surface area contributed by atoms with E-state index in [9.17, 15) is 0 Å². The smallest absolute Gasteiger partial charge is 0.0721 e. The molecule has 0 atom stereocenters. The zero-order valence-corrected chi connectivity index (χ0v) is 13.3. The second-order valence-corrected chi connectivity index (χ2v) is 6.07. The third-order valence-corrected chi connectivity index (χ3v) is 4.52. The summed E-state index contributed by atoms with van der Waals surface area (Å²) in [5.41, 5.74) is 2.77. The fourth-order valence-electron chi connectivity index (χ4n) is 3.19. The van der Waals surface area contributed by atoms with Crippen LogP contribution in [-0.4, -0.2) is 6.61 Å². The van der Waals surface area contributed by atoms with E-state index >= 15 is 0 Å². The van der Waals surface area contributed by atoms with Gasteiger partial charge in [0.2, 0.25) is 0 Å². The van der Waals surface area contributed by atoms with Crippen LogP contribution >= 0.6 is 0 Å². The fraction of sp³-hybridized carbons (Fsp3) is 0.500. The van der Waals surface area contributed by atoms with Crippen molar-refractivity contribution < 1.29 is 4.74 Å². The number of benzene rings is 1. The molecule has 0 bridgehead atoms. The lowest BCUT2D eigenvalue weighted by molar-refractivity contribution is 0.148. The molecule has 0 spiro atoms. The third kappa shape index (κ3) is 5.17. The van der Waals surface area contributed by atoms with Crippen LogP contribution in [0.3, 0.4) is 0 Å². The molecule has 0 unspecified atom stereocenters. The summed E-state index contributed by atoms with van der Waals surface area (Å²) in [6.45, 7) is 7.28. The van der Waals surface area contributed by atoms with E-state index in [-0.39, 0.29) is 0 Å². The Balaban J connectivity index is 1.81. The molecule has 1 fully saturated rings. The van der Waals surface area contributed by atoms with Crippen molar-refractivity contribution in [2.45, 2.75) is 51.6 Å². The molecule has 1 aliphatic carbocycles. The lowest BCUT2D eigenvalue weighted by atomic mass is 9.77. The first-order valence-corrected chi connectivity index (χ1v) is 8.22. The number of allylic oxidation sites excluding steroid dienone is 2. The highest BCUT2D eigenvalue weighted by molar-refractivity contribution is 5.25. The molecule has 1 nitrogen and oxygen atoms in total. The molecule has 2 rings (SSSR count). The second-order valence-electron chi connectivity index (χ2n) is 6.07. The van der Waals surface area contributed by atoms with Gasteiger partial charge < -0.3 is 4.74 Å². The maximum atomic E-state index is 5.59. The highest BCUT2D eigenvalue weighted by Gasteiger charge is 2.21. The summed E-state index contributed by atoms with van der Waals surface area (Å²) in [6, 6.07) is 9.04. The molecule has 0 amide bonds. The predicted molar refractivity (Wildman–Crippen MR) is 90.4 cm³/mol. The van der Waals surface area contributed by atoms with Crippen LogP contribution in [0.15, 0.2) is 49.1 Å². The summed E-state index contributed by atoms with van der Waals surface area (Å²) in [7, 11) is 0. The van der Waals surface area contributed by atoms with Crippen LogP contribution in [0.25, 0.3) is 0 Å². The lowest BCUT2D eigenvalue weighted by Gasteiger charge is -2.28. The topological polar surface area (TPSA) is 9.23 Å². The monoisotopic (exact) mass is 284 g/mol. The number of ether oxygens (including phenoxy) is 1. The van der Waals surface area contributed by atoms with Crippen LogP contribution in [0, 0.1) is 5.92 Å². The average Bonchev–Trinajstić information content (AvgIpc) is 2.53. The lowest BCUT2D eigenvalue weighted by Crippen LogP contribution is -2.12. The molecule has 1 aliphatic rings. The van der Waals surface area contributed by atoms with Gasteiger partial charge in [-0.15, -0.1) is 6.58 Å². The first-order chi connectivity index (χ1) is 10.3. The summed E-state index contributed by atoms with van der Waals surface area (Å²) in [4.78, 5) is 0. The van der Waals surface area contributed by atoms with Gasteiger partial charge in [0, 0.05) is 0 Å². The van der Waals surface area contributed by atoms with Gasteiger partial charge >= 0.3 is 0 Å². The summed E-state index contributed by atoms with van der Waals surface area (Å²) in [6.07, 6.45) is 12.7. The Morgan fingerprint density at radius 3 is 2.48 bits per heavy atom. The Labute approximate surface area is 129 Å². The maximum Gasteiger partial charge on any atom is 0.0721 e. The van der Waals surface area contributed by atoms with Gasteiger partial charge in [0.05, 0.1) is 13.2 Å². The van der Waals surface area contributed by atoms with E-state index in [0.717, 1.165) is 11.8 Å². The second kappa shape index (κ2) is 8.84. The molecule has 0 saturated heterocycles. The highest BCUT2D eigenvalue weighted by Crippen LogP contribution is 2.37. The molecule has 0 aromatic heterocycles. The Kier molecular flexibility index (Phi) is 6.75. The van der Waals surface area contributed by atoms with E-state index in [1.807, 2.05) is 19.1 Å². The van der Waals surface area contributed by atoms with Crippen molar-refractivity contribution in [2.24, 2.45) is 5.92 Å². The van der Waals surface area contributed by atoms with Gasteiger partial charge in [-0.05, 0) is 62.0 Å². The molecule has 1 aromatic carbocycles. The molecule has 1 heteroatoms. The SMILES string of the molecule is C=CC[C@H]1CC[C@H](c2ccc(COC/C=C/C)cc2)CC1. The minimum atomic E-state index is 0.700. The summed E-state index contributed by atoms with van der Waals surface area (Å²) in [5, 5.41) is 0. The zero-order chi connectivity index (χ0) is 14.9. The standard InChI is InChI=1S/C20H28O/c1-3-5-15-21-16-18-9-13-20(14-10-18)19-11-7-17(6-4-2)8-12-19/h3-5,9-10,13-14,17,19H,2,6-8,11-12,15-16H2,1H3/b5-3+/t17-,19-. The van der Waals surface area contributed by atoms with Crippen molar-refractivity contribution >= 4 is 0 Å². The minimum Gasteiger partial charge on any atom is -0.373 e. The van der Waals surface area contributed by atoms with Crippen molar-refractivity contribution in [1.29, 1.82) is 0 Å². The Hall–Kier alpha value is -1.34. The molecular formula is C20H28O. The number of hydrogen-bond donors (Lipinski definition) is 0. The summed E-state index contributed by atoms with van der Waals surface area (Å²) >= 11 is 0. The third-order valence-electron chi connectivity index (χ3n) is 4.52. The average molecular weight is 284 g/mol. The van der Waals surface area contributed by atoms with Crippen LogP contribution < -0.4 is 0 Å². The molecule has 21 heavy (non-hydrogen) atoms. The molecule has 0 N–H and O–H groups in total. The highest BCUT2D eigenvalue weighted by atomic mass is 16.5. The first kappa shape index (κ1) is 16.0.